The summed E-state index contributed by atoms with van der Waals surface area (Å²) in [5, 5.41) is 5.01. The van der Waals surface area contributed by atoms with Gasteiger partial charge in [0, 0.05) is 29.4 Å². The van der Waals surface area contributed by atoms with Crippen LogP contribution in [0.1, 0.15) is 16.8 Å². The number of amides is 1. The molecule has 0 radical (unpaired) electrons. The second-order valence-electron chi connectivity index (χ2n) is 7.34. The number of ether oxygens (including phenoxy) is 2. The summed E-state index contributed by atoms with van der Waals surface area (Å²) in [6.07, 6.45) is 3.10. The number of aryl methyl sites for hydroxylation is 1. The number of thiazole rings is 1. The summed E-state index contributed by atoms with van der Waals surface area (Å²) in [5.41, 5.74) is 5.14. The molecule has 1 amide bonds. The SMILES string of the molecule is COc1ccc(-c2cn3c(CC(=O)NCCc4cccc(C)c4)csc3n2)cc1OC.Cl. The minimum absolute atomic E-state index is 0. The molecule has 0 saturated heterocycles. The molecule has 4 rings (SSSR count). The first kappa shape index (κ1) is 23.6. The van der Waals surface area contributed by atoms with Crippen LogP contribution in [0.2, 0.25) is 0 Å². The summed E-state index contributed by atoms with van der Waals surface area (Å²) < 4.78 is 12.7. The van der Waals surface area contributed by atoms with Crippen LogP contribution in [0.3, 0.4) is 0 Å². The number of carbonyl (C=O) groups excluding carboxylic acids is 1. The molecule has 0 atom stereocenters. The van der Waals surface area contributed by atoms with Gasteiger partial charge in [-0.1, -0.05) is 29.8 Å². The van der Waals surface area contributed by atoms with Crippen molar-refractivity contribution in [3.05, 3.63) is 70.9 Å². The Morgan fingerprint density at radius 3 is 2.69 bits per heavy atom. The number of benzene rings is 2. The fourth-order valence-corrected chi connectivity index (χ4v) is 4.40. The highest BCUT2D eigenvalue weighted by atomic mass is 35.5. The average Bonchev–Trinajstić information content (AvgIpc) is 3.35. The third-order valence-electron chi connectivity index (χ3n) is 5.12. The lowest BCUT2D eigenvalue weighted by Gasteiger charge is -2.08. The minimum Gasteiger partial charge on any atom is -0.493 e. The van der Waals surface area contributed by atoms with Crippen molar-refractivity contribution in [1.82, 2.24) is 14.7 Å². The number of methoxy groups -OCH3 is 2. The van der Waals surface area contributed by atoms with Crippen LogP contribution in [0.4, 0.5) is 0 Å². The molecule has 0 fully saturated rings. The first-order valence-corrected chi connectivity index (χ1v) is 11.0. The van der Waals surface area contributed by atoms with E-state index in [2.05, 4.69) is 30.4 Å². The Hall–Kier alpha value is -3.03. The van der Waals surface area contributed by atoms with Crippen LogP contribution in [0, 0.1) is 6.92 Å². The molecule has 2 aromatic carbocycles. The number of imidazole rings is 1. The van der Waals surface area contributed by atoms with Crippen molar-refractivity contribution in [2.45, 2.75) is 19.8 Å². The first-order chi connectivity index (χ1) is 15.1. The molecule has 1 N–H and O–H groups in total. The number of rotatable bonds is 8. The maximum absolute atomic E-state index is 12.5. The molecule has 0 aliphatic heterocycles. The Morgan fingerprint density at radius 1 is 1.12 bits per heavy atom. The molecule has 8 heteroatoms. The largest absolute Gasteiger partial charge is 0.493 e. The number of carbonyl (C=O) groups is 1. The van der Waals surface area contributed by atoms with Gasteiger partial charge in [-0.15, -0.1) is 23.7 Å². The van der Waals surface area contributed by atoms with Crippen LogP contribution < -0.4 is 14.8 Å². The predicted octanol–water partition coefficient (Wildman–Crippen LogP) is 4.71. The van der Waals surface area contributed by atoms with Gasteiger partial charge in [0.1, 0.15) is 0 Å². The lowest BCUT2D eigenvalue weighted by atomic mass is 10.1. The second-order valence-corrected chi connectivity index (χ2v) is 8.18. The van der Waals surface area contributed by atoms with E-state index < -0.39 is 0 Å². The maximum Gasteiger partial charge on any atom is 0.225 e. The molecular weight excluding hydrogens is 446 g/mol. The maximum atomic E-state index is 12.5. The number of aromatic nitrogens is 2. The molecule has 0 aliphatic rings. The Morgan fingerprint density at radius 2 is 1.94 bits per heavy atom. The Labute approximate surface area is 197 Å². The molecule has 2 heterocycles. The van der Waals surface area contributed by atoms with Gasteiger partial charge in [-0.05, 0) is 37.1 Å². The van der Waals surface area contributed by atoms with E-state index in [1.165, 1.54) is 22.5 Å². The zero-order valence-corrected chi connectivity index (χ0v) is 19.9. The van der Waals surface area contributed by atoms with Crippen molar-refractivity contribution in [2.75, 3.05) is 20.8 Å². The van der Waals surface area contributed by atoms with Crippen molar-refractivity contribution in [2.24, 2.45) is 0 Å². The van der Waals surface area contributed by atoms with Gasteiger partial charge in [0.25, 0.3) is 0 Å². The summed E-state index contributed by atoms with van der Waals surface area (Å²) in [4.78, 5) is 18.0. The van der Waals surface area contributed by atoms with E-state index in [9.17, 15) is 4.79 Å². The van der Waals surface area contributed by atoms with Gasteiger partial charge in [0.2, 0.25) is 5.91 Å². The quantitative estimate of drug-likeness (QED) is 0.404. The lowest BCUT2D eigenvalue weighted by molar-refractivity contribution is -0.120. The van der Waals surface area contributed by atoms with Crippen molar-refractivity contribution >= 4 is 34.6 Å². The van der Waals surface area contributed by atoms with E-state index in [0.29, 0.717) is 24.5 Å². The molecule has 0 saturated carbocycles. The van der Waals surface area contributed by atoms with Crippen LogP contribution in [-0.4, -0.2) is 36.1 Å². The van der Waals surface area contributed by atoms with Crippen LogP contribution >= 0.6 is 23.7 Å². The molecule has 0 aliphatic carbocycles. The van der Waals surface area contributed by atoms with E-state index in [1.54, 1.807) is 14.2 Å². The number of nitrogens with zero attached hydrogens (tertiary/aromatic N) is 2. The van der Waals surface area contributed by atoms with Crippen molar-refractivity contribution in [3.8, 4) is 22.8 Å². The third-order valence-corrected chi connectivity index (χ3v) is 6.01. The fraction of sp³-hybridized carbons (Fsp3) is 0.250. The van der Waals surface area contributed by atoms with Gasteiger partial charge in [-0.3, -0.25) is 9.20 Å². The van der Waals surface area contributed by atoms with Crippen molar-refractivity contribution < 1.29 is 14.3 Å². The molecule has 0 spiro atoms. The standard InChI is InChI=1S/C24H25N3O3S.ClH/c1-16-5-4-6-17(11-16)9-10-25-23(28)13-19-15-31-24-26-20(14-27(19)24)18-7-8-21(29-2)22(12-18)30-3;/h4-8,11-12,14-15H,9-10,13H2,1-3H3,(H,25,28);1H. The van der Waals surface area contributed by atoms with Gasteiger partial charge < -0.3 is 14.8 Å². The summed E-state index contributed by atoms with van der Waals surface area (Å²) in [7, 11) is 3.23. The number of hydrogen-bond acceptors (Lipinski definition) is 5. The van der Waals surface area contributed by atoms with Crippen molar-refractivity contribution in [1.29, 1.82) is 0 Å². The second kappa shape index (κ2) is 10.5. The molecule has 0 bridgehead atoms. The topological polar surface area (TPSA) is 64.9 Å². The van der Waals surface area contributed by atoms with Gasteiger partial charge in [0.05, 0.1) is 26.3 Å². The van der Waals surface area contributed by atoms with Gasteiger partial charge >= 0.3 is 0 Å². The highest BCUT2D eigenvalue weighted by Gasteiger charge is 2.14. The Kier molecular flexibility index (Phi) is 7.77. The zero-order chi connectivity index (χ0) is 21.8. The fourth-order valence-electron chi connectivity index (χ4n) is 3.53. The molecule has 6 nitrogen and oxygen atoms in total. The van der Waals surface area contributed by atoms with E-state index in [1.807, 2.05) is 40.2 Å². The van der Waals surface area contributed by atoms with Crippen molar-refractivity contribution in [3.63, 3.8) is 0 Å². The summed E-state index contributed by atoms with van der Waals surface area (Å²) in [6.45, 7) is 2.70. The smallest absolute Gasteiger partial charge is 0.225 e. The van der Waals surface area contributed by atoms with Gasteiger partial charge in [0.15, 0.2) is 16.5 Å². The highest BCUT2D eigenvalue weighted by molar-refractivity contribution is 7.15. The Balaban J connectivity index is 0.00000289. The average molecular weight is 472 g/mol. The van der Waals surface area contributed by atoms with Crippen LogP contribution in [-0.2, 0) is 17.6 Å². The van der Waals surface area contributed by atoms with Crippen LogP contribution in [0.25, 0.3) is 16.2 Å². The van der Waals surface area contributed by atoms with E-state index in [0.717, 1.165) is 28.3 Å². The van der Waals surface area contributed by atoms with Gasteiger partial charge in [-0.2, -0.15) is 0 Å². The minimum atomic E-state index is 0. The summed E-state index contributed by atoms with van der Waals surface area (Å²) in [6, 6.07) is 14.1. The zero-order valence-electron chi connectivity index (χ0n) is 18.3. The Bertz CT molecular complexity index is 1220. The number of fused-ring (bicyclic) bond motifs is 1. The van der Waals surface area contributed by atoms with Gasteiger partial charge in [-0.25, -0.2) is 4.98 Å². The third kappa shape index (κ3) is 5.23. The van der Waals surface area contributed by atoms with E-state index >= 15 is 0 Å². The normalized spacial score (nSPS) is 10.6. The monoisotopic (exact) mass is 471 g/mol. The molecule has 32 heavy (non-hydrogen) atoms. The predicted molar refractivity (Wildman–Crippen MR) is 130 cm³/mol. The molecular formula is C24H26ClN3O3S. The molecule has 0 unspecified atom stereocenters. The summed E-state index contributed by atoms with van der Waals surface area (Å²) >= 11 is 1.53. The first-order valence-electron chi connectivity index (χ1n) is 10.1. The van der Waals surface area contributed by atoms with E-state index in [-0.39, 0.29) is 18.3 Å². The van der Waals surface area contributed by atoms with Crippen LogP contribution in [0.15, 0.2) is 54.0 Å². The number of halogens is 1. The lowest BCUT2D eigenvalue weighted by Crippen LogP contribution is -2.27. The molecule has 4 aromatic rings. The molecule has 168 valence electrons. The number of hydrogen-bond donors (Lipinski definition) is 1. The highest BCUT2D eigenvalue weighted by Crippen LogP contribution is 2.32. The van der Waals surface area contributed by atoms with E-state index in [4.69, 9.17) is 14.5 Å². The number of nitrogens with one attached hydrogen (secondary N) is 1. The summed E-state index contributed by atoms with van der Waals surface area (Å²) in [5.74, 6) is 1.34. The molecule has 2 aromatic heterocycles. The van der Waals surface area contributed by atoms with Crippen LogP contribution in [0.5, 0.6) is 11.5 Å².